The SMILES string of the molecule is CC(C)(C)OC(=O)NCCC[C@H]1CNC(=O)c2cc(-c3cccc(OC(F)(F)F)c3)c(I)n21. The molecule has 1 aliphatic rings. The summed E-state index contributed by atoms with van der Waals surface area (Å²) in [5, 5.41) is 5.57. The number of benzene rings is 1. The number of aromatic nitrogens is 1. The topological polar surface area (TPSA) is 81.6 Å². The van der Waals surface area contributed by atoms with E-state index in [2.05, 4.69) is 38.0 Å². The predicted octanol–water partition coefficient (Wildman–Crippen LogP) is 5.25. The zero-order chi connectivity index (χ0) is 24.4. The van der Waals surface area contributed by atoms with Crippen LogP contribution in [0.3, 0.4) is 0 Å². The summed E-state index contributed by atoms with van der Waals surface area (Å²) in [6.07, 6.45) is -3.95. The van der Waals surface area contributed by atoms with Gasteiger partial charge in [-0.05, 0) is 80.0 Å². The average molecular weight is 579 g/mol. The fourth-order valence-corrected chi connectivity index (χ4v) is 4.68. The van der Waals surface area contributed by atoms with Gasteiger partial charge in [-0.25, -0.2) is 4.79 Å². The summed E-state index contributed by atoms with van der Waals surface area (Å²) >= 11 is 2.10. The third-order valence-corrected chi connectivity index (χ3v) is 5.93. The fraction of sp³-hybridized carbons (Fsp3) is 0.455. The van der Waals surface area contributed by atoms with Gasteiger partial charge < -0.3 is 24.7 Å². The van der Waals surface area contributed by atoms with Crippen LogP contribution in [0, 0.1) is 3.70 Å². The van der Waals surface area contributed by atoms with Crippen LogP contribution >= 0.6 is 22.6 Å². The maximum absolute atomic E-state index is 12.6. The van der Waals surface area contributed by atoms with Crippen LogP contribution in [0.1, 0.15) is 50.1 Å². The van der Waals surface area contributed by atoms with Gasteiger partial charge in [-0.1, -0.05) is 12.1 Å². The summed E-state index contributed by atoms with van der Waals surface area (Å²) in [6, 6.07) is 7.29. The number of rotatable bonds is 6. The van der Waals surface area contributed by atoms with Crippen molar-refractivity contribution in [3.05, 3.63) is 39.7 Å². The molecular formula is C22H25F3IN3O4. The van der Waals surface area contributed by atoms with Gasteiger partial charge in [0.25, 0.3) is 5.91 Å². The zero-order valence-corrected chi connectivity index (χ0v) is 20.5. The number of nitrogens with zero attached hydrogens (tertiary/aromatic N) is 1. The summed E-state index contributed by atoms with van der Waals surface area (Å²) < 4.78 is 49.7. The van der Waals surface area contributed by atoms with Crippen LogP contribution in [0.5, 0.6) is 5.75 Å². The van der Waals surface area contributed by atoms with Crippen molar-refractivity contribution in [3.8, 4) is 16.9 Å². The Hall–Kier alpha value is -2.44. The fourth-order valence-electron chi connectivity index (χ4n) is 3.56. The first-order chi connectivity index (χ1) is 15.3. The quantitative estimate of drug-likeness (QED) is 0.362. The third kappa shape index (κ3) is 6.78. The van der Waals surface area contributed by atoms with Crippen molar-refractivity contribution < 1.29 is 32.2 Å². The predicted molar refractivity (Wildman–Crippen MR) is 124 cm³/mol. The Balaban J connectivity index is 1.74. The number of halogens is 4. The third-order valence-electron chi connectivity index (χ3n) is 4.83. The van der Waals surface area contributed by atoms with Crippen molar-refractivity contribution in [2.75, 3.05) is 13.1 Å². The minimum atomic E-state index is -4.79. The number of amides is 2. The van der Waals surface area contributed by atoms with Crippen LogP contribution in [0.4, 0.5) is 18.0 Å². The van der Waals surface area contributed by atoms with Crippen LogP contribution in [0.15, 0.2) is 30.3 Å². The molecule has 7 nitrogen and oxygen atoms in total. The van der Waals surface area contributed by atoms with Gasteiger partial charge in [0.15, 0.2) is 0 Å². The van der Waals surface area contributed by atoms with Gasteiger partial charge in [-0.2, -0.15) is 0 Å². The van der Waals surface area contributed by atoms with Gasteiger partial charge in [0.1, 0.15) is 17.0 Å². The molecule has 11 heteroatoms. The van der Waals surface area contributed by atoms with Crippen molar-refractivity contribution in [2.45, 2.75) is 51.6 Å². The number of carbonyl (C=O) groups is 2. The number of fused-ring (bicyclic) bond motifs is 1. The van der Waals surface area contributed by atoms with E-state index in [4.69, 9.17) is 4.74 Å². The van der Waals surface area contributed by atoms with Gasteiger partial charge in [0.2, 0.25) is 0 Å². The van der Waals surface area contributed by atoms with Gasteiger partial charge in [0, 0.05) is 18.7 Å². The van der Waals surface area contributed by atoms with E-state index in [0.29, 0.717) is 42.8 Å². The lowest BCUT2D eigenvalue weighted by Gasteiger charge is -2.27. The van der Waals surface area contributed by atoms with Crippen molar-refractivity contribution in [2.24, 2.45) is 0 Å². The molecule has 0 bridgehead atoms. The number of alkyl carbamates (subject to hydrolysis) is 1. The number of carbonyl (C=O) groups excluding carboxylic acids is 2. The second-order valence-corrected chi connectivity index (χ2v) is 9.64. The highest BCUT2D eigenvalue weighted by molar-refractivity contribution is 14.1. The molecule has 0 unspecified atom stereocenters. The number of alkyl halides is 3. The molecular weight excluding hydrogens is 554 g/mol. The zero-order valence-electron chi connectivity index (χ0n) is 18.4. The van der Waals surface area contributed by atoms with Crippen LogP contribution < -0.4 is 15.4 Å². The highest BCUT2D eigenvalue weighted by Crippen LogP contribution is 2.36. The first-order valence-corrected chi connectivity index (χ1v) is 11.4. The summed E-state index contributed by atoms with van der Waals surface area (Å²) in [7, 11) is 0. The molecule has 1 aliphatic heterocycles. The molecule has 0 aliphatic carbocycles. The maximum Gasteiger partial charge on any atom is 0.573 e. The molecule has 3 rings (SSSR count). The summed E-state index contributed by atoms with van der Waals surface area (Å²) in [4.78, 5) is 24.3. The Morgan fingerprint density at radius 3 is 2.67 bits per heavy atom. The number of hydrogen-bond acceptors (Lipinski definition) is 4. The second kappa shape index (κ2) is 9.82. The van der Waals surface area contributed by atoms with Crippen molar-refractivity contribution >= 4 is 34.6 Å². The molecule has 1 atom stereocenters. The summed E-state index contributed by atoms with van der Waals surface area (Å²) in [5.74, 6) is -0.570. The lowest BCUT2D eigenvalue weighted by Crippen LogP contribution is -2.39. The number of ether oxygens (including phenoxy) is 2. The molecule has 0 fully saturated rings. The number of nitrogens with one attached hydrogen (secondary N) is 2. The lowest BCUT2D eigenvalue weighted by atomic mass is 10.1. The standard InChI is InChI=1S/C22H25F3IN3O4/c1-21(2,3)33-20(31)27-9-5-7-14-12-28-19(30)17-11-16(18(26)29(14)17)13-6-4-8-15(10-13)32-22(23,24)25/h4,6,8,10-11,14H,5,7,9,12H2,1-3H3,(H,27,31)(H,28,30)/t14-/m0/s1. The van der Waals surface area contributed by atoms with Crippen LogP contribution in [-0.4, -0.2) is 41.6 Å². The van der Waals surface area contributed by atoms with Crippen molar-refractivity contribution in [1.29, 1.82) is 0 Å². The minimum absolute atomic E-state index is 0.0617. The van der Waals surface area contributed by atoms with E-state index in [1.807, 2.05) is 4.57 Å². The van der Waals surface area contributed by atoms with Gasteiger partial charge in [0.05, 0.1) is 9.74 Å². The van der Waals surface area contributed by atoms with E-state index in [1.54, 1.807) is 32.9 Å². The van der Waals surface area contributed by atoms with Crippen molar-refractivity contribution in [3.63, 3.8) is 0 Å². The Kier molecular flexibility index (Phi) is 7.49. The molecule has 2 N–H and O–H groups in total. The molecule has 33 heavy (non-hydrogen) atoms. The normalized spacial score (nSPS) is 16.1. The largest absolute Gasteiger partial charge is 0.573 e. The van der Waals surface area contributed by atoms with Gasteiger partial charge in [-0.15, -0.1) is 13.2 Å². The van der Waals surface area contributed by atoms with E-state index in [-0.39, 0.29) is 17.7 Å². The first kappa shape index (κ1) is 25.2. The molecule has 0 saturated heterocycles. The summed E-state index contributed by atoms with van der Waals surface area (Å²) in [5.41, 5.74) is 1.02. The number of hydrogen-bond donors (Lipinski definition) is 2. The molecule has 0 saturated carbocycles. The molecule has 0 spiro atoms. The molecule has 2 heterocycles. The molecule has 2 aromatic rings. The summed E-state index contributed by atoms with van der Waals surface area (Å²) in [6.45, 7) is 6.19. The van der Waals surface area contributed by atoms with Crippen LogP contribution in [0.25, 0.3) is 11.1 Å². The highest BCUT2D eigenvalue weighted by atomic mass is 127. The first-order valence-electron chi connectivity index (χ1n) is 10.4. The minimum Gasteiger partial charge on any atom is -0.444 e. The van der Waals surface area contributed by atoms with Crippen LogP contribution in [0.2, 0.25) is 0 Å². The average Bonchev–Trinajstić information content (AvgIpc) is 3.03. The van der Waals surface area contributed by atoms with E-state index >= 15 is 0 Å². The Morgan fingerprint density at radius 1 is 1.27 bits per heavy atom. The Labute approximate surface area is 203 Å². The van der Waals surface area contributed by atoms with Crippen LogP contribution in [-0.2, 0) is 4.74 Å². The van der Waals surface area contributed by atoms with E-state index in [9.17, 15) is 22.8 Å². The molecule has 180 valence electrons. The van der Waals surface area contributed by atoms with E-state index < -0.39 is 18.1 Å². The molecule has 1 aromatic heterocycles. The monoisotopic (exact) mass is 579 g/mol. The highest BCUT2D eigenvalue weighted by Gasteiger charge is 2.32. The maximum atomic E-state index is 12.6. The van der Waals surface area contributed by atoms with Gasteiger partial charge >= 0.3 is 12.5 Å². The Bertz CT molecular complexity index is 1030. The lowest BCUT2D eigenvalue weighted by molar-refractivity contribution is -0.274. The molecule has 1 aromatic carbocycles. The molecule has 0 radical (unpaired) electrons. The smallest absolute Gasteiger partial charge is 0.444 e. The molecule has 2 amide bonds. The second-order valence-electron chi connectivity index (χ2n) is 8.61. The van der Waals surface area contributed by atoms with Gasteiger partial charge in [-0.3, -0.25) is 4.79 Å². The van der Waals surface area contributed by atoms with Crippen molar-refractivity contribution in [1.82, 2.24) is 15.2 Å². The Morgan fingerprint density at radius 2 is 2.00 bits per heavy atom. The van der Waals surface area contributed by atoms with E-state index in [0.717, 1.165) is 3.70 Å². The van der Waals surface area contributed by atoms with E-state index in [1.165, 1.54) is 18.2 Å².